The maximum atomic E-state index is 4.55. The van der Waals surface area contributed by atoms with Crippen LogP contribution in [0.3, 0.4) is 0 Å². The summed E-state index contributed by atoms with van der Waals surface area (Å²) in [7, 11) is 0. The molecule has 1 fully saturated rings. The first-order chi connectivity index (χ1) is 8.29. The molecule has 1 aromatic heterocycles. The Morgan fingerprint density at radius 1 is 1.59 bits per heavy atom. The summed E-state index contributed by atoms with van der Waals surface area (Å²) in [6.45, 7) is 6.89. The SMILES string of the molecule is CCNC(=NCCn1ccnc1)NC1CC1C. The molecule has 1 aliphatic carbocycles. The van der Waals surface area contributed by atoms with E-state index < -0.39 is 0 Å². The van der Waals surface area contributed by atoms with Gasteiger partial charge in [-0.3, -0.25) is 4.99 Å². The lowest BCUT2D eigenvalue weighted by Crippen LogP contribution is -2.39. The minimum Gasteiger partial charge on any atom is -0.357 e. The zero-order valence-corrected chi connectivity index (χ0v) is 10.6. The van der Waals surface area contributed by atoms with Crippen molar-refractivity contribution in [3.05, 3.63) is 18.7 Å². The number of hydrogen-bond donors (Lipinski definition) is 2. The summed E-state index contributed by atoms with van der Waals surface area (Å²) in [5.41, 5.74) is 0. The van der Waals surface area contributed by atoms with Crippen molar-refractivity contribution in [2.24, 2.45) is 10.9 Å². The van der Waals surface area contributed by atoms with Crippen LogP contribution in [0.25, 0.3) is 0 Å². The number of aromatic nitrogens is 2. The van der Waals surface area contributed by atoms with E-state index in [1.165, 1.54) is 6.42 Å². The van der Waals surface area contributed by atoms with Crippen molar-refractivity contribution in [2.45, 2.75) is 32.9 Å². The fourth-order valence-corrected chi connectivity index (χ4v) is 1.72. The van der Waals surface area contributed by atoms with Gasteiger partial charge in [0.05, 0.1) is 12.9 Å². The van der Waals surface area contributed by atoms with Gasteiger partial charge in [-0.25, -0.2) is 4.98 Å². The first-order valence-electron chi connectivity index (χ1n) is 6.30. The first kappa shape index (κ1) is 12.0. The Labute approximate surface area is 102 Å². The lowest BCUT2D eigenvalue weighted by molar-refractivity contribution is 0.695. The van der Waals surface area contributed by atoms with Gasteiger partial charge in [-0.1, -0.05) is 6.92 Å². The van der Waals surface area contributed by atoms with Crippen molar-refractivity contribution in [3.8, 4) is 0 Å². The summed E-state index contributed by atoms with van der Waals surface area (Å²) >= 11 is 0. The highest BCUT2D eigenvalue weighted by molar-refractivity contribution is 5.80. The molecule has 2 atom stereocenters. The largest absolute Gasteiger partial charge is 0.357 e. The minimum absolute atomic E-state index is 0.612. The molecule has 0 aromatic carbocycles. The summed E-state index contributed by atoms with van der Waals surface area (Å²) in [6.07, 6.45) is 6.82. The third-order valence-corrected chi connectivity index (χ3v) is 2.96. The number of nitrogens with one attached hydrogen (secondary N) is 2. The van der Waals surface area contributed by atoms with E-state index in [1.807, 2.05) is 17.1 Å². The van der Waals surface area contributed by atoms with E-state index in [-0.39, 0.29) is 0 Å². The molecule has 2 unspecified atom stereocenters. The molecule has 2 rings (SSSR count). The molecular formula is C12H21N5. The van der Waals surface area contributed by atoms with Gasteiger partial charge in [-0.15, -0.1) is 0 Å². The maximum Gasteiger partial charge on any atom is 0.191 e. The fourth-order valence-electron chi connectivity index (χ4n) is 1.72. The van der Waals surface area contributed by atoms with E-state index in [2.05, 4.69) is 34.5 Å². The van der Waals surface area contributed by atoms with Crippen LogP contribution in [-0.2, 0) is 6.54 Å². The third-order valence-electron chi connectivity index (χ3n) is 2.96. The quantitative estimate of drug-likeness (QED) is 0.587. The second-order valence-corrected chi connectivity index (χ2v) is 4.52. The zero-order valence-electron chi connectivity index (χ0n) is 10.6. The van der Waals surface area contributed by atoms with Crippen LogP contribution in [0.15, 0.2) is 23.7 Å². The molecule has 0 saturated heterocycles. The molecule has 2 N–H and O–H groups in total. The lowest BCUT2D eigenvalue weighted by atomic mass is 10.5. The number of guanidine groups is 1. The van der Waals surface area contributed by atoms with Crippen molar-refractivity contribution in [3.63, 3.8) is 0 Å². The fraction of sp³-hybridized carbons (Fsp3) is 0.667. The molecule has 1 saturated carbocycles. The predicted octanol–water partition coefficient (Wildman–Crippen LogP) is 0.847. The maximum absolute atomic E-state index is 4.55. The average Bonchev–Trinajstić information content (AvgIpc) is 2.81. The Morgan fingerprint density at radius 2 is 2.41 bits per heavy atom. The summed E-state index contributed by atoms with van der Waals surface area (Å²) in [6, 6.07) is 0.612. The molecule has 0 amide bonds. The van der Waals surface area contributed by atoms with Gasteiger partial charge >= 0.3 is 0 Å². The van der Waals surface area contributed by atoms with Gasteiger partial charge in [-0.2, -0.15) is 0 Å². The van der Waals surface area contributed by atoms with Crippen LogP contribution in [0.4, 0.5) is 0 Å². The van der Waals surface area contributed by atoms with Crippen LogP contribution in [0.2, 0.25) is 0 Å². The van der Waals surface area contributed by atoms with Crippen LogP contribution in [0, 0.1) is 5.92 Å². The summed E-state index contributed by atoms with van der Waals surface area (Å²) in [4.78, 5) is 8.56. The molecule has 0 aliphatic heterocycles. The van der Waals surface area contributed by atoms with Crippen LogP contribution in [0.1, 0.15) is 20.3 Å². The second-order valence-electron chi connectivity index (χ2n) is 4.52. The molecular weight excluding hydrogens is 214 g/mol. The Balaban J connectivity index is 1.78. The molecule has 1 heterocycles. The van der Waals surface area contributed by atoms with Gasteiger partial charge in [-0.05, 0) is 19.3 Å². The van der Waals surface area contributed by atoms with Crippen molar-refractivity contribution >= 4 is 5.96 Å². The number of nitrogens with zero attached hydrogens (tertiary/aromatic N) is 3. The Morgan fingerprint density at radius 3 is 3.00 bits per heavy atom. The van der Waals surface area contributed by atoms with Gasteiger partial charge in [0.15, 0.2) is 5.96 Å². The number of rotatable bonds is 5. The van der Waals surface area contributed by atoms with Crippen molar-refractivity contribution in [2.75, 3.05) is 13.1 Å². The molecule has 5 nitrogen and oxygen atoms in total. The summed E-state index contributed by atoms with van der Waals surface area (Å²) < 4.78 is 2.03. The van der Waals surface area contributed by atoms with E-state index in [1.54, 1.807) is 6.20 Å². The van der Waals surface area contributed by atoms with Crippen LogP contribution < -0.4 is 10.6 Å². The highest BCUT2D eigenvalue weighted by Gasteiger charge is 2.33. The summed E-state index contributed by atoms with van der Waals surface area (Å²) in [5, 5.41) is 6.70. The third kappa shape index (κ3) is 3.76. The Hall–Kier alpha value is -1.52. The molecule has 0 radical (unpaired) electrons. The van der Waals surface area contributed by atoms with Crippen molar-refractivity contribution in [1.29, 1.82) is 0 Å². The second kappa shape index (κ2) is 5.70. The van der Waals surface area contributed by atoms with Crippen molar-refractivity contribution in [1.82, 2.24) is 20.2 Å². The lowest BCUT2D eigenvalue weighted by Gasteiger charge is -2.10. The van der Waals surface area contributed by atoms with Crippen LogP contribution in [-0.4, -0.2) is 34.6 Å². The standard InChI is InChI=1S/C12H21N5/c1-3-14-12(16-11-8-10(11)2)15-5-7-17-6-4-13-9-17/h4,6,9-11H,3,5,7-8H2,1-2H3,(H2,14,15,16). The zero-order chi connectivity index (χ0) is 12.1. The van der Waals surface area contributed by atoms with Gasteiger partial charge in [0.25, 0.3) is 0 Å². The van der Waals surface area contributed by atoms with Gasteiger partial charge in [0.1, 0.15) is 0 Å². The number of imidazole rings is 1. The average molecular weight is 235 g/mol. The van der Waals surface area contributed by atoms with Gasteiger partial charge in [0, 0.05) is 31.5 Å². The smallest absolute Gasteiger partial charge is 0.191 e. The van der Waals surface area contributed by atoms with Crippen molar-refractivity contribution < 1.29 is 0 Å². The monoisotopic (exact) mass is 235 g/mol. The summed E-state index contributed by atoms with van der Waals surface area (Å²) in [5.74, 6) is 1.72. The Kier molecular flexibility index (Phi) is 4.01. The van der Waals surface area contributed by atoms with E-state index in [0.717, 1.165) is 31.5 Å². The van der Waals surface area contributed by atoms with E-state index in [4.69, 9.17) is 0 Å². The molecule has 17 heavy (non-hydrogen) atoms. The topological polar surface area (TPSA) is 54.2 Å². The van der Waals surface area contributed by atoms with Gasteiger partial charge in [0.2, 0.25) is 0 Å². The molecule has 1 aromatic rings. The molecule has 1 aliphatic rings. The van der Waals surface area contributed by atoms with E-state index >= 15 is 0 Å². The first-order valence-corrected chi connectivity index (χ1v) is 6.30. The highest BCUT2D eigenvalue weighted by Crippen LogP contribution is 2.28. The molecule has 94 valence electrons. The molecule has 0 bridgehead atoms. The van der Waals surface area contributed by atoms with E-state index in [9.17, 15) is 0 Å². The predicted molar refractivity (Wildman–Crippen MR) is 68.9 cm³/mol. The van der Waals surface area contributed by atoms with Crippen LogP contribution >= 0.6 is 0 Å². The highest BCUT2D eigenvalue weighted by atomic mass is 15.2. The normalized spacial score (nSPS) is 23.5. The number of aliphatic imine (C=N–C) groups is 1. The minimum atomic E-state index is 0.612. The Bertz CT molecular complexity index is 357. The van der Waals surface area contributed by atoms with E-state index in [0.29, 0.717) is 6.04 Å². The molecule has 5 heteroatoms. The van der Waals surface area contributed by atoms with Crippen LogP contribution in [0.5, 0.6) is 0 Å². The van der Waals surface area contributed by atoms with Gasteiger partial charge < -0.3 is 15.2 Å². The molecule has 0 spiro atoms. The number of hydrogen-bond acceptors (Lipinski definition) is 2.